The molecule has 0 saturated heterocycles. The first kappa shape index (κ1) is 14.8. The van der Waals surface area contributed by atoms with Crippen LogP contribution in [-0.2, 0) is 13.1 Å². The van der Waals surface area contributed by atoms with Crippen LogP contribution < -0.4 is 10.1 Å². The van der Waals surface area contributed by atoms with Crippen molar-refractivity contribution in [3.63, 3.8) is 0 Å². The van der Waals surface area contributed by atoms with E-state index >= 15 is 0 Å². The van der Waals surface area contributed by atoms with Gasteiger partial charge in [0.1, 0.15) is 11.6 Å². The molecule has 23 heavy (non-hydrogen) atoms. The maximum Gasteiger partial charge on any atom is 0.123 e. The van der Waals surface area contributed by atoms with E-state index < -0.39 is 0 Å². The van der Waals surface area contributed by atoms with Crippen molar-refractivity contribution < 1.29 is 4.74 Å². The zero-order valence-electron chi connectivity index (χ0n) is 13.6. The Morgan fingerprint density at radius 2 is 2.13 bits per heavy atom. The summed E-state index contributed by atoms with van der Waals surface area (Å²) in [5.41, 5.74) is 1.26. The minimum Gasteiger partial charge on any atom is -0.493 e. The van der Waals surface area contributed by atoms with E-state index in [1.54, 1.807) is 0 Å². The highest BCUT2D eigenvalue weighted by atomic mass is 16.5. The number of ether oxygens (including phenoxy) is 1. The molecule has 1 aliphatic heterocycles. The number of benzene rings is 1. The fourth-order valence-corrected chi connectivity index (χ4v) is 3.36. The van der Waals surface area contributed by atoms with Crippen LogP contribution in [0.15, 0.2) is 36.7 Å². The summed E-state index contributed by atoms with van der Waals surface area (Å²) < 4.78 is 8.29. The largest absolute Gasteiger partial charge is 0.493 e. The molecule has 2 heterocycles. The highest BCUT2D eigenvalue weighted by molar-refractivity contribution is 5.33. The second kappa shape index (κ2) is 6.75. The third-order valence-electron chi connectivity index (χ3n) is 4.91. The minimum absolute atomic E-state index is 0.526. The lowest BCUT2D eigenvalue weighted by molar-refractivity contribution is 0.296. The molecule has 1 N–H and O–H groups in total. The zero-order valence-corrected chi connectivity index (χ0v) is 13.6. The van der Waals surface area contributed by atoms with E-state index in [1.807, 2.05) is 6.20 Å². The Morgan fingerprint density at radius 1 is 1.22 bits per heavy atom. The van der Waals surface area contributed by atoms with Crippen LogP contribution in [0.4, 0.5) is 0 Å². The molecule has 2 aromatic rings. The molecule has 1 atom stereocenters. The van der Waals surface area contributed by atoms with Gasteiger partial charge in [0.25, 0.3) is 0 Å². The smallest absolute Gasteiger partial charge is 0.123 e. The molecule has 0 amide bonds. The van der Waals surface area contributed by atoms with Gasteiger partial charge in [0, 0.05) is 43.5 Å². The van der Waals surface area contributed by atoms with Crippen LogP contribution >= 0.6 is 0 Å². The molecule has 1 aromatic carbocycles. The van der Waals surface area contributed by atoms with E-state index in [0.717, 1.165) is 37.9 Å². The van der Waals surface area contributed by atoms with Gasteiger partial charge in [0.15, 0.2) is 0 Å². The van der Waals surface area contributed by atoms with Gasteiger partial charge in [-0.3, -0.25) is 0 Å². The predicted octanol–water partition coefficient (Wildman–Crippen LogP) is 3.34. The maximum absolute atomic E-state index is 5.99. The first-order valence-electron chi connectivity index (χ1n) is 8.82. The fourth-order valence-electron chi connectivity index (χ4n) is 3.36. The standard InChI is InChI=1S/C19H25N3O/c1-2-6-18(23-14-15-7-8-15)16(4-1)12-20-13-17-5-3-10-22-11-9-21-19(17)22/h1-2,4,6,9,11,15,17,20H,3,5,7-8,10,12-14H2/t17-/m0/s1. The van der Waals surface area contributed by atoms with Crippen molar-refractivity contribution >= 4 is 0 Å². The van der Waals surface area contributed by atoms with E-state index in [4.69, 9.17) is 4.74 Å². The van der Waals surface area contributed by atoms with Crippen molar-refractivity contribution in [1.29, 1.82) is 0 Å². The Hall–Kier alpha value is -1.81. The first-order chi connectivity index (χ1) is 11.4. The summed E-state index contributed by atoms with van der Waals surface area (Å²) >= 11 is 0. The van der Waals surface area contributed by atoms with Gasteiger partial charge in [-0.25, -0.2) is 4.98 Å². The van der Waals surface area contributed by atoms with Crippen molar-refractivity contribution in [2.45, 2.75) is 44.7 Å². The lowest BCUT2D eigenvalue weighted by atomic mass is 9.99. The predicted molar refractivity (Wildman–Crippen MR) is 90.6 cm³/mol. The fraction of sp³-hybridized carbons (Fsp3) is 0.526. The van der Waals surface area contributed by atoms with Crippen LogP contribution in [0.3, 0.4) is 0 Å². The molecule has 4 nitrogen and oxygen atoms in total. The highest BCUT2D eigenvalue weighted by Gasteiger charge is 2.23. The van der Waals surface area contributed by atoms with Crippen LogP contribution in [0.5, 0.6) is 5.75 Å². The molecule has 0 radical (unpaired) electrons. The SMILES string of the molecule is c1ccc(OCC2CC2)c(CNC[C@@H]2CCCn3ccnc32)c1. The molecule has 0 spiro atoms. The number of aromatic nitrogens is 2. The monoisotopic (exact) mass is 311 g/mol. The molecule has 122 valence electrons. The molecule has 1 aromatic heterocycles. The third kappa shape index (κ3) is 3.58. The molecule has 1 aliphatic carbocycles. The van der Waals surface area contributed by atoms with Gasteiger partial charge >= 0.3 is 0 Å². The number of imidazole rings is 1. The van der Waals surface area contributed by atoms with E-state index in [9.17, 15) is 0 Å². The number of aryl methyl sites for hydroxylation is 1. The number of hydrogen-bond acceptors (Lipinski definition) is 3. The first-order valence-corrected chi connectivity index (χ1v) is 8.82. The van der Waals surface area contributed by atoms with Crippen LogP contribution in [0, 0.1) is 5.92 Å². The number of para-hydroxylation sites is 1. The van der Waals surface area contributed by atoms with Crippen LogP contribution in [0.2, 0.25) is 0 Å². The molecule has 4 heteroatoms. The van der Waals surface area contributed by atoms with Gasteiger partial charge < -0.3 is 14.6 Å². The van der Waals surface area contributed by atoms with Crippen LogP contribution in [-0.4, -0.2) is 22.7 Å². The van der Waals surface area contributed by atoms with Crippen LogP contribution in [0.25, 0.3) is 0 Å². The third-order valence-corrected chi connectivity index (χ3v) is 4.91. The van der Waals surface area contributed by atoms with Crippen molar-refractivity contribution in [2.24, 2.45) is 5.92 Å². The summed E-state index contributed by atoms with van der Waals surface area (Å²) in [6.45, 7) is 3.83. The van der Waals surface area contributed by atoms with Gasteiger partial charge in [0.2, 0.25) is 0 Å². The second-order valence-corrected chi connectivity index (χ2v) is 6.81. The Balaban J connectivity index is 1.33. The quantitative estimate of drug-likeness (QED) is 0.852. The van der Waals surface area contributed by atoms with Crippen molar-refractivity contribution in [3.05, 3.63) is 48.0 Å². The Kier molecular flexibility index (Phi) is 4.33. The Labute approximate surface area is 137 Å². The lowest BCUT2D eigenvalue weighted by Gasteiger charge is -2.24. The van der Waals surface area contributed by atoms with Crippen molar-refractivity contribution in [3.8, 4) is 5.75 Å². The summed E-state index contributed by atoms with van der Waals surface area (Å²) in [7, 11) is 0. The minimum atomic E-state index is 0.526. The summed E-state index contributed by atoms with van der Waals surface area (Å²) in [4.78, 5) is 4.54. The van der Waals surface area contributed by atoms with E-state index in [2.05, 4.69) is 45.3 Å². The molecule has 0 unspecified atom stereocenters. The van der Waals surface area contributed by atoms with E-state index in [0.29, 0.717) is 5.92 Å². The van der Waals surface area contributed by atoms with Gasteiger partial charge in [-0.05, 0) is 37.7 Å². The van der Waals surface area contributed by atoms with Crippen LogP contribution in [0.1, 0.15) is 43.0 Å². The zero-order chi connectivity index (χ0) is 15.5. The molecule has 2 aliphatic rings. The summed E-state index contributed by atoms with van der Waals surface area (Å²) in [6.07, 6.45) is 9.15. The van der Waals surface area contributed by atoms with Gasteiger partial charge in [-0.15, -0.1) is 0 Å². The van der Waals surface area contributed by atoms with E-state index in [1.165, 1.54) is 37.1 Å². The Bertz CT molecular complexity index is 648. The number of nitrogens with zero attached hydrogens (tertiary/aromatic N) is 2. The Morgan fingerprint density at radius 3 is 3.04 bits per heavy atom. The number of nitrogens with one attached hydrogen (secondary N) is 1. The molecule has 1 fully saturated rings. The molecular weight excluding hydrogens is 286 g/mol. The second-order valence-electron chi connectivity index (χ2n) is 6.81. The van der Waals surface area contributed by atoms with Gasteiger partial charge in [0.05, 0.1) is 6.61 Å². The molecule has 4 rings (SSSR count). The average Bonchev–Trinajstić information content (AvgIpc) is 3.28. The number of rotatable bonds is 7. The summed E-state index contributed by atoms with van der Waals surface area (Å²) in [5, 5.41) is 3.61. The topological polar surface area (TPSA) is 39.1 Å². The molecule has 0 bridgehead atoms. The van der Waals surface area contributed by atoms with Crippen molar-refractivity contribution in [1.82, 2.24) is 14.9 Å². The normalized spacial score (nSPS) is 20.3. The average molecular weight is 311 g/mol. The van der Waals surface area contributed by atoms with Gasteiger partial charge in [-0.2, -0.15) is 0 Å². The van der Waals surface area contributed by atoms with Gasteiger partial charge in [-0.1, -0.05) is 18.2 Å². The highest BCUT2D eigenvalue weighted by Crippen LogP contribution is 2.30. The molecular formula is C19H25N3O. The number of hydrogen-bond donors (Lipinski definition) is 1. The number of fused-ring (bicyclic) bond motifs is 1. The lowest BCUT2D eigenvalue weighted by Crippen LogP contribution is -2.26. The molecule has 1 saturated carbocycles. The van der Waals surface area contributed by atoms with E-state index in [-0.39, 0.29) is 0 Å². The summed E-state index contributed by atoms with van der Waals surface area (Å²) in [5.74, 6) is 3.59. The summed E-state index contributed by atoms with van der Waals surface area (Å²) in [6, 6.07) is 8.40. The maximum atomic E-state index is 5.99. The van der Waals surface area contributed by atoms with Crippen molar-refractivity contribution in [2.75, 3.05) is 13.2 Å².